The van der Waals surface area contributed by atoms with Crippen molar-refractivity contribution in [3.8, 4) is 11.1 Å². The molecule has 3 aromatic heterocycles. The fourth-order valence-corrected chi connectivity index (χ4v) is 3.57. The third-order valence-corrected chi connectivity index (χ3v) is 5.09. The molecule has 0 bridgehead atoms. The molecule has 0 saturated carbocycles. The average molecular weight is 385 g/mol. The van der Waals surface area contributed by atoms with E-state index in [-0.39, 0.29) is 0 Å². The zero-order valence-corrected chi connectivity index (χ0v) is 16.3. The number of amides is 1. The Bertz CT molecular complexity index is 1120. The topological polar surface area (TPSA) is 87.9 Å². The fourth-order valence-electron chi connectivity index (χ4n) is 3.57. The number of aromatic amines is 1. The SMILES string of the molecule is CCN(Cc1ccncc1)Cc1[nH]c2ncccc2c1-c1ccc(C(N)=O)cc1. The van der Waals surface area contributed by atoms with Gasteiger partial charge in [-0.05, 0) is 54.1 Å². The minimum Gasteiger partial charge on any atom is -0.366 e. The van der Waals surface area contributed by atoms with E-state index in [1.807, 2.05) is 42.7 Å². The third kappa shape index (κ3) is 4.02. The fraction of sp³-hybridized carbons (Fsp3) is 0.174. The number of H-pyrrole nitrogens is 1. The summed E-state index contributed by atoms with van der Waals surface area (Å²) in [6.07, 6.45) is 5.43. The molecule has 4 aromatic rings. The molecule has 0 spiro atoms. The van der Waals surface area contributed by atoms with E-state index in [4.69, 9.17) is 5.73 Å². The largest absolute Gasteiger partial charge is 0.366 e. The van der Waals surface area contributed by atoms with Gasteiger partial charge >= 0.3 is 0 Å². The van der Waals surface area contributed by atoms with Gasteiger partial charge < -0.3 is 10.7 Å². The second-order valence-electron chi connectivity index (χ2n) is 6.98. The van der Waals surface area contributed by atoms with Crippen LogP contribution in [0.2, 0.25) is 0 Å². The lowest BCUT2D eigenvalue weighted by atomic mass is 10.0. The van der Waals surface area contributed by atoms with Gasteiger partial charge in [0.2, 0.25) is 5.91 Å². The normalized spacial score (nSPS) is 11.2. The molecule has 0 aliphatic rings. The highest BCUT2D eigenvalue weighted by atomic mass is 16.1. The lowest BCUT2D eigenvalue weighted by Gasteiger charge is -2.20. The van der Waals surface area contributed by atoms with Crippen LogP contribution in [-0.2, 0) is 13.1 Å². The molecule has 1 amide bonds. The summed E-state index contributed by atoms with van der Waals surface area (Å²) in [6, 6.07) is 15.5. The maximum atomic E-state index is 11.4. The lowest BCUT2D eigenvalue weighted by Crippen LogP contribution is -2.22. The van der Waals surface area contributed by atoms with Crippen LogP contribution in [-0.4, -0.2) is 32.3 Å². The first-order chi connectivity index (χ1) is 14.2. The molecule has 0 unspecified atom stereocenters. The molecule has 0 saturated heterocycles. The van der Waals surface area contributed by atoms with Crippen molar-refractivity contribution in [3.63, 3.8) is 0 Å². The van der Waals surface area contributed by atoms with Crippen LogP contribution in [0, 0.1) is 0 Å². The Morgan fingerprint density at radius 1 is 1.03 bits per heavy atom. The van der Waals surface area contributed by atoms with Gasteiger partial charge in [-0.2, -0.15) is 0 Å². The first kappa shape index (κ1) is 18.8. The molecule has 4 rings (SSSR count). The van der Waals surface area contributed by atoms with Gasteiger partial charge in [-0.3, -0.25) is 14.7 Å². The van der Waals surface area contributed by atoms with Crippen LogP contribution in [0.25, 0.3) is 22.2 Å². The quantitative estimate of drug-likeness (QED) is 0.507. The van der Waals surface area contributed by atoms with E-state index in [1.54, 1.807) is 18.3 Å². The summed E-state index contributed by atoms with van der Waals surface area (Å²) in [7, 11) is 0. The Labute approximate surface area is 169 Å². The summed E-state index contributed by atoms with van der Waals surface area (Å²) in [5, 5.41) is 1.06. The van der Waals surface area contributed by atoms with Crippen LogP contribution in [0.4, 0.5) is 0 Å². The van der Waals surface area contributed by atoms with E-state index in [0.717, 1.165) is 47.5 Å². The summed E-state index contributed by atoms with van der Waals surface area (Å²) in [5.41, 5.74) is 11.2. The number of pyridine rings is 2. The second-order valence-corrected chi connectivity index (χ2v) is 6.98. The van der Waals surface area contributed by atoms with Crippen molar-refractivity contribution >= 4 is 16.9 Å². The van der Waals surface area contributed by atoms with Crippen molar-refractivity contribution in [2.45, 2.75) is 20.0 Å². The van der Waals surface area contributed by atoms with Gasteiger partial charge in [-0.1, -0.05) is 19.1 Å². The molecule has 0 aliphatic heterocycles. The summed E-state index contributed by atoms with van der Waals surface area (Å²) in [5.74, 6) is -0.424. The number of fused-ring (bicyclic) bond motifs is 1. The van der Waals surface area contributed by atoms with Gasteiger partial charge in [0.1, 0.15) is 5.65 Å². The number of carbonyl (C=O) groups excluding carboxylic acids is 1. The highest BCUT2D eigenvalue weighted by Crippen LogP contribution is 2.32. The van der Waals surface area contributed by atoms with Crippen LogP contribution in [0.3, 0.4) is 0 Å². The summed E-state index contributed by atoms with van der Waals surface area (Å²) in [6.45, 7) is 4.65. The van der Waals surface area contributed by atoms with Crippen molar-refractivity contribution in [3.05, 3.63) is 83.9 Å². The Hall–Kier alpha value is -3.51. The lowest BCUT2D eigenvalue weighted by molar-refractivity contribution is 0.100. The van der Waals surface area contributed by atoms with E-state index in [1.165, 1.54) is 5.56 Å². The van der Waals surface area contributed by atoms with Gasteiger partial charge in [-0.25, -0.2) is 4.98 Å². The minimum atomic E-state index is -0.424. The van der Waals surface area contributed by atoms with Crippen LogP contribution in [0.15, 0.2) is 67.1 Å². The van der Waals surface area contributed by atoms with E-state index in [0.29, 0.717) is 5.56 Å². The Morgan fingerprint density at radius 3 is 2.48 bits per heavy atom. The molecular weight excluding hydrogens is 362 g/mol. The molecule has 3 heterocycles. The van der Waals surface area contributed by atoms with Crippen LogP contribution in [0.5, 0.6) is 0 Å². The van der Waals surface area contributed by atoms with E-state index >= 15 is 0 Å². The first-order valence-electron chi connectivity index (χ1n) is 9.62. The van der Waals surface area contributed by atoms with Gasteiger partial charge in [0.15, 0.2) is 0 Å². The number of rotatable bonds is 7. The number of aromatic nitrogens is 3. The maximum absolute atomic E-state index is 11.4. The van der Waals surface area contributed by atoms with Crippen molar-refractivity contribution in [1.29, 1.82) is 0 Å². The van der Waals surface area contributed by atoms with Crippen LogP contribution < -0.4 is 5.73 Å². The summed E-state index contributed by atoms with van der Waals surface area (Å²) in [4.78, 5) is 25.9. The minimum absolute atomic E-state index is 0.424. The number of nitrogens with zero attached hydrogens (tertiary/aromatic N) is 3. The molecule has 0 aliphatic carbocycles. The highest BCUT2D eigenvalue weighted by Gasteiger charge is 2.17. The molecule has 3 N–H and O–H groups in total. The van der Waals surface area contributed by atoms with E-state index < -0.39 is 5.91 Å². The van der Waals surface area contributed by atoms with E-state index in [9.17, 15) is 4.79 Å². The first-order valence-corrected chi connectivity index (χ1v) is 9.62. The molecular formula is C23H23N5O. The molecule has 1 aromatic carbocycles. The van der Waals surface area contributed by atoms with Crippen molar-refractivity contribution in [2.24, 2.45) is 5.73 Å². The molecule has 6 heteroatoms. The molecule has 6 nitrogen and oxygen atoms in total. The third-order valence-electron chi connectivity index (χ3n) is 5.09. The number of nitrogens with two attached hydrogens (primary N) is 1. The van der Waals surface area contributed by atoms with Crippen molar-refractivity contribution in [2.75, 3.05) is 6.54 Å². The number of benzene rings is 1. The Morgan fingerprint density at radius 2 is 1.79 bits per heavy atom. The predicted molar refractivity (Wildman–Crippen MR) is 114 cm³/mol. The molecule has 0 fully saturated rings. The van der Waals surface area contributed by atoms with Gasteiger partial charge in [-0.15, -0.1) is 0 Å². The van der Waals surface area contributed by atoms with Gasteiger partial charge in [0.05, 0.1) is 0 Å². The number of nitrogens with one attached hydrogen (secondary N) is 1. The standard InChI is InChI=1S/C23H23N5O/c1-2-28(14-16-9-12-25-13-10-16)15-20-21(19-4-3-11-26-23(19)27-20)17-5-7-18(8-6-17)22(24)29/h3-13H,2,14-15H2,1H3,(H2,24,29)(H,26,27). The van der Waals surface area contributed by atoms with Gasteiger partial charge in [0, 0.05) is 53.9 Å². The van der Waals surface area contributed by atoms with Crippen LogP contribution in [0.1, 0.15) is 28.5 Å². The van der Waals surface area contributed by atoms with Crippen molar-refractivity contribution in [1.82, 2.24) is 19.9 Å². The molecule has 146 valence electrons. The summed E-state index contributed by atoms with van der Waals surface area (Å²) >= 11 is 0. The number of hydrogen-bond donors (Lipinski definition) is 2. The predicted octanol–water partition coefficient (Wildman–Crippen LogP) is 3.75. The highest BCUT2D eigenvalue weighted by molar-refractivity contribution is 5.97. The van der Waals surface area contributed by atoms with Gasteiger partial charge in [0.25, 0.3) is 0 Å². The number of hydrogen-bond acceptors (Lipinski definition) is 4. The molecule has 29 heavy (non-hydrogen) atoms. The summed E-state index contributed by atoms with van der Waals surface area (Å²) < 4.78 is 0. The zero-order valence-electron chi connectivity index (χ0n) is 16.3. The molecule has 0 radical (unpaired) electrons. The van der Waals surface area contributed by atoms with Crippen LogP contribution >= 0.6 is 0 Å². The Kier molecular flexibility index (Phi) is 5.35. The average Bonchev–Trinajstić information content (AvgIpc) is 3.12. The number of primary amides is 1. The second kappa shape index (κ2) is 8.24. The molecule has 0 atom stereocenters. The van der Waals surface area contributed by atoms with E-state index in [2.05, 4.69) is 32.8 Å². The Balaban J connectivity index is 1.72. The zero-order chi connectivity index (χ0) is 20.2. The monoisotopic (exact) mass is 385 g/mol. The number of carbonyl (C=O) groups is 1. The van der Waals surface area contributed by atoms with Crippen molar-refractivity contribution < 1.29 is 4.79 Å². The smallest absolute Gasteiger partial charge is 0.248 e. The maximum Gasteiger partial charge on any atom is 0.248 e.